The van der Waals surface area contributed by atoms with Gasteiger partial charge < -0.3 is 4.79 Å². The summed E-state index contributed by atoms with van der Waals surface area (Å²) >= 11 is 0. The van der Waals surface area contributed by atoms with E-state index in [0.29, 0.717) is 11.8 Å². The Bertz CT molecular complexity index is 222. The van der Waals surface area contributed by atoms with E-state index in [-0.39, 0.29) is 0 Å². The highest BCUT2D eigenvalue weighted by Gasteiger charge is 2.27. The Morgan fingerprint density at radius 1 is 1.20 bits per heavy atom. The van der Waals surface area contributed by atoms with Crippen molar-refractivity contribution >= 4 is 6.29 Å². The number of carbonyl (C=O) groups is 1. The third-order valence-electron chi connectivity index (χ3n) is 3.57. The predicted octanol–water partition coefficient (Wildman–Crippen LogP) is 4.13. The number of aldehydes is 1. The molecule has 1 rings (SSSR count). The number of unbranched alkanes of at least 4 members (excludes halogenated alkanes) is 1. The molecule has 0 unspecified atom stereocenters. The number of carbonyl (C=O) groups excluding carboxylic acids is 1. The van der Waals surface area contributed by atoms with Gasteiger partial charge in [0.1, 0.15) is 6.29 Å². The minimum absolute atomic E-state index is 0.467. The summed E-state index contributed by atoms with van der Waals surface area (Å²) in [6, 6.07) is 0. The lowest BCUT2D eigenvalue weighted by Crippen LogP contribution is -2.23. The van der Waals surface area contributed by atoms with Gasteiger partial charge in [-0.15, -0.1) is 0 Å². The van der Waals surface area contributed by atoms with E-state index in [2.05, 4.69) is 26.8 Å². The normalized spacial score (nSPS) is 22.6. The molecule has 0 aromatic heterocycles. The third-order valence-corrected chi connectivity index (χ3v) is 3.57. The maximum Gasteiger partial charge on any atom is 0.120 e. The summed E-state index contributed by atoms with van der Waals surface area (Å²) in [6.45, 7) is 7.04. The minimum atomic E-state index is 0.467. The van der Waals surface area contributed by atoms with Crippen LogP contribution in [0.3, 0.4) is 0 Å². The predicted molar refractivity (Wildman–Crippen MR) is 64.8 cm³/mol. The summed E-state index contributed by atoms with van der Waals surface area (Å²) in [4.78, 5) is 10.2. The summed E-state index contributed by atoms with van der Waals surface area (Å²) in [7, 11) is 0. The quantitative estimate of drug-likeness (QED) is 0.387. The lowest BCUT2D eigenvalue weighted by Gasteiger charge is -2.34. The van der Waals surface area contributed by atoms with E-state index in [1.165, 1.54) is 25.7 Å². The van der Waals surface area contributed by atoms with Crippen LogP contribution < -0.4 is 0 Å². The molecule has 0 amide bonds. The van der Waals surface area contributed by atoms with Crippen LogP contribution in [0.1, 0.15) is 59.3 Å². The van der Waals surface area contributed by atoms with Crippen LogP contribution in [0.5, 0.6) is 0 Å². The van der Waals surface area contributed by atoms with E-state index in [1.807, 2.05) is 0 Å². The number of hydrogen-bond donors (Lipinski definition) is 0. The summed E-state index contributed by atoms with van der Waals surface area (Å²) in [6.07, 6.45) is 10.1. The second-order valence-electron chi connectivity index (χ2n) is 5.75. The van der Waals surface area contributed by atoms with Gasteiger partial charge in [0.25, 0.3) is 0 Å². The average Bonchev–Trinajstić information content (AvgIpc) is 2.18. The van der Waals surface area contributed by atoms with Crippen LogP contribution in [0.2, 0.25) is 0 Å². The van der Waals surface area contributed by atoms with Crippen LogP contribution in [0.25, 0.3) is 0 Å². The third kappa shape index (κ3) is 4.19. The van der Waals surface area contributed by atoms with E-state index in [0.717, 1.165) is 18.6 Å². The van der Waals surface area contributed by atoms with Gasteiger partial charge in [-0.25, -0.2) is 0 Å². The zero-order valence-corrected chi connectivity index (χ0v) is 10.4. The van der Waals surface area contributed by atoms with E-state index in [1.54, 1.807) is 5.57 Å². The standard InChI is InChI=1S/C14H24O/c1-14(2,3)13-9-7-12(8-10-13)6-4-5-11-15/h6,11,13H,4-5,7-10H2,1-3H3. The molecule has 1 aliphatic carbocycles. The molecule has 0 spiro atoms. The Kier molecular flexibility index (Phi) is 4.56. The van der Waals surface area contributed by atoms with Crippen molar-refractivity contribution in [2.45, 2.75) is 59.3 Å². The summed E-state index contributed by atoms with van der Waals surface area (Å²) in [5, 5.41) is 0. The monoisotopic (exact) mass is 208 g/mol. The summed E-state index contributed by atoms with van der Waals surface area (Å²) in [5.41, 5.74) is 2.05. The van der Waals surface area contributed by atoms with E-state index in [9.17, 15) is 4.79 Å². The van der Waals surface area contributed by atoms with Crippen LogP contribution >= 0.6 is 0 Å². The largest absolute Gasteiger partial charge is 0.303 e. The van der Waals surface area contributed by atoms with Gasteiger partial charge in [0.15, 0.2) is 0 Å². The maximum absolute atomic E-state index is 10.2. The van der Waals surface area contributed by atoms with Crippen molar-refractivity contribution in [1.82, 2.24) is 0 Å². The first-order valence-electron chi connectivity index (χ1n) is 6.15. The van der Waals surface area contributed by atoms with Gasteiger partial charge in [0.05, 0.1) is 0 Å². The van der Waals surface area contributed by atoms with E-state index < -0.39 is 0 Å². The highest BCUT2D eigenvalue weighted by atomic mass is 16.1. The molecule has 0 bridgehead atoms. The molecule has 0 radical (unpaired) electrons. The van der Waals surface area contributed by atoms with Crippen molar-refractivity contribution in [3.05, 3.63) is 11.6 Å². The Balaban J connectivity index is 2.35. The molecule has 15 heavy (non-hydrogen) atoms. The highest BCUT2D eigenvalue weighted by molar-refractivity contribution is 5.49. The highest BCUT2D eigenvalue weighted by Crippen LogP contribution is 2.39. The first-order valence-corrected chi connectivity index (χ1v) is 6.15. The Morgan fingerprint density at radius 2 is 1.80 bits per heavy atom. The lowest BCUT2D eigenvalue weighted by molar-refractivity contribution is -0.107. The van der Waals surface area contributed by atoms with Gasteiger partial charge in [-0.3, -0.25) is 0 Å². The maximum atomic E-state index is 10.2. The van der Waals surface area contributed by atoms with Crippen LogP contribution in [0.15, 0.2) is 11.6 Å². The molecule has 0 aromatic rings. The van der Waals surface area contributed by atoms with Gasteiger partial charge >= 0.3 is 0 Å². The zero-order valence-electron chi connectivity index (χ0n) is 10.4. The van der Waals surface area contributed by atoms with Crippen molar-refractivity contribution < 1.29 is 4.79 Å². The van der Waals surface area contributed by atoms with E-state index >= 15 is 0 Å². The molecule has 1 nitrogen and oxygen atoms in total. The lowest BCUT2D eigenvalue weighted by atomic mass is 9.71. The molecular weight excluding hydrogens is 184 g/mol. The molecule has 1 saturated carbocycles. The molecule has 0 heterocycles. The zero-order chi connectivity index (χ0) is 11.3. The fourth-order valence-corrected chi connectivity index (χ4v) is 2.41. The molecule has 1 heteroatoms. The van der Waals surface area contributed by atoms with Gasteiger partial charge in [0, 0.05) is 6.42 Å². The second kappa shape index (κ2) is 5.48. The molecule has 0 aromatic carbocycles. The minimum Gasteiger partial charge on any atom is -0.303 e. The molecule has 1 fully saturated rings. The average molecular weight is 208 g/mol. The molecular formula is C14H24O. The Morgan fingerprint density at radius 3 is 2.27 bits per heavy atom. The van der Waals surface area contributed by atoms with Gasteiger partial charge in [-0.1, -0.05) is 32.4 Å². The Labute approximate surface area is 93.9 Å². The van der Waals surface area contributed by atoms with Crippen LogP contribution in [0.4, 0.5) is 0 Å². The molecule has 0 saturated heterocycles. The first-order chi connectivity index (χ1) is 7.04. The fraction of sp³-hybridized carbons (Fsp3) is 0.786. The van der Waals surface area contributed by atoms with Crippen molar-refractivity contribution in [2.24, 2.45) is 11.3 Å². The molecule has 1 aliphatic rings. The topological polar surface area (TPSA) is 17.1 Å². The second-order valence-corrected chi connectivity index (χ2v) is 5.75. The smallest absolute Gasteiger partial charge is 0.120 e. The van der Waals surface area contributed by atoms with Crippen LogP contribution in [-0.2, 0) is 4.79 Å². The number of rotatable bonds is 3. The number of hydrogen-bond acceptors (Lipinski definition) is 1. The van der Waals surface area contributed by atoms with Crippen molar-refractivity contribution in [3.63, 3.8) is 0 Å². The van der Waals surface area contributed by atoms with Crippen LogP contribution in [0, 0.1) is 11.3 Å². The molecule has 86 valence electrons. The molecule has 0 aliphatic heterocycles. The first kappa shape index (κ1) is 12.5. The van der Waals surface area contributed by atoms with Gasteiger partial charge in [-0.2, -0.15) is 0 Å². The number of allylic oxidation sites excluding steroid dienone is 2. The molecule has 0 N–H and O–H groups in total. The molecule has 0 atom stereocenters. The van der Waals surface area contributed by atoms with E-state index in [4.69, 9.17) is 0 Å². The van der Waals surface area contributed by atoms with Crippen molar-refractivity contribution in [1.29, 1.82) is 0 Å². The van der Waals surface area contributed by atoms with Crippen LogP contribution in [-0.4, -0.2) is 6.29 Å². The summed E-state index contributed by atoms with van der Waals surface area (Å²) in [5.74, 6) is 0.876. The van der Waals surface area contributed by atoms with Crippen molar-refractivity contribution in [3.8, 4) is 0 Å². The fourth-order valence-electron chi connectivity index (χ4n) is 2.41. The summed E-state index contributed by atoms with van der Waals surface area (Å²) < 4.78 is 0. The van der Waals surface area contributed by atoms with Crippen molar-refractivity contribution in [2.75, 3.05) is 0 Å². The SMILES string of the molecule is CC(C)(C)C1CCC(=CCCC=O)CC1. The Hall–Kier alpha value is -0.590. The van der Waals surface area contributed by atoms with Gasteiger partial charge in [-0.05, 0) is 43.4 Å². The van der Waals surface area contributed by atoms with Gasteiger partial charge in [0.2, 0.25) is 0 Å².